The fourth-order valence-corrected chi connectivity index (χ4v) is 2.41. The Hall–Kier alpha value is -3.29. The molecule has 0 saturated carbocycles. The lowest BCUT2D eigenvalue weighted by molar-refractivity contribution is -0.385. The second kappa shape index (κ2) is 6.07. The number of hydrogen-bond donors (Lipinski definition) is 0. The molecular weight excluding hydrogens is 312 g/mol. The van der Waals surface area contributed by atoms with E-state index in [-0.39, 0.29) is 18.0 Å². The van der Waals surface area contributed by atoms with Crippen LogP contribution in [0.1, 0.15) is 23.0 Å². The third-order valence-electron chi connectivity index (χ3n) is 3.55. The Bertz CT molecular complexity index is 948. The molecule has 1 aromatic carbocycles. The number of aromatic nitrogens is 3. The summed E-state index contributed by atoms with van der Waals surface area (Å²) in [7, 11) is 0. The number of nitrogens with zero attached hydrogens (tertiary/aromatic N) is 4. The Kier molecular flexibility index (Phi) is 3.95. The molecule has 2 heterocycles. The minimum absolute atomic E-state index is 0.0234. The highest BCUT2D eigenvalue weighted by Gasteiger charge is 2.21. The van der Waals surface area contributed by atoms with Gasteiger partial charge in [0.05, 0.1) is 22.6 Å². The number of fused-ring (bicyclic) bond motifs is 1. The van der Waals surface area contributed by atoms with Crippen molar-refractivity contribution in [1.82, 2.24) is 14.8 Å². The van der Waals surface area contributed by atoms with Gasteiger partial charge in [0, 0.05) is 17.8 Å². The SMILES string of the molecule is CCOC(=O)c1nn(-c2ccc(C)c([N+](=O)[O-])c2)c2ncccc12. The van der Waals surface area contributed by atoms with E-state index in [2.05, 4.69) is 10.1 Å². The van der Waals surface area contributed by atoms with Crippen molar-refractivity contribution >= 4 is 22.7 Å². The van der Waals surface area contributed by atoms with Crippen molar-refractivity contribution in [3.05, 3.63) is 57.9 Å². The van der Waals surface area contributed by atoms with Crippen LogP contribution in [0.15, 0.2) is 36.5 Å². The number of hydrogen-bond acceptors (Lipinski definition) is 6. The monoisotopic (exact) mass is 326 g/mol. The van der Waals surface area contributed by atoms with Gasteiger partial charge in [-0.3, -0.25) is 10.1 Å². The first-order valence-corrected chi connectivity index (χ1v) is 7.29. The fraction of sp³-hybridized carbons (Fsp3) is 0.188. The molecular formula is C16H14N4O4. The molecule has 3 rings (SSSR count). The van der Waals surface area contributed by atoms with E-state index in [4.69, 9.17) is 4.74 Å². The first-order valence-electron chi connectivity index (χ1n) is 7.29. The molecule has 0 atom stereocenters. The summed E-state index contributed by atoms with van der Waals surface area (Å²) in [4.78, 5) is 27.0. The van der Waals surface area contributed by atoms with Crippen LogP contribution in [-0.4, -0.2) is 32.3 Å². The molecule has 3 aromatic rings. The summed E-state index contributed by atoms with van der Waals surface area (Å²) in [5, 5.41) is 15.9. The van der Waals surface area contributed by atoms with Crippen LogP contribution in [0.4, 0.5) is 5.69 Å². The highest BCUT2D eigenvalue weighted by atomic mass is 16.6. The maximum atomic E-state index is 12.1. The normalized spacial score (nSPS) is 10.8. The number of carbonyl (C=O) groups excluding carboxylic acids is 1. The Morgan fingerprint density at radius 3 is 2.88 bits per heavy atom. The molecule has 24 heavy (non-hydrogen) atoms. The number of rotatable bonds is 4. The zero-order valence-corrected chi connectivity index (χ0v) is 13.1. The van der Waals surface area contributed by atoms with E-state index in [0.717, 1.165) is 0 Å². The van der Waals surface area contributed by atoms with Crippen LogP contribution >= 0.6 is 0 Å². The average Bonchev–Trinajstić information content (AvgIpc) is 2.95. The molecule has 8 nitrogen and oxygen atoms in total. The second-order valence-corrected chi connectivity index (χ2v) is 5.08. The number of esters is 1. The lowest BCUT2D eigenvalue weighted by Crippen LogP contribution is -2.07. The topological polar surface area (TPSA) is 100 Å². The predicted octanol–water partition coefficient (Wildman–Crippen LogP) is 2.81. The van der Waals surface area contributed by atoms with Gasteiger partial charge >= 0.3 is 5.97 Å². The van der Waals surface area contributed by atoms with Gasteiger partial charge in [0.15, 0.2) is 11.3 Å². The summed E-state index contributed by atoms with van der Waals surface area (Å²) >= 11 is 0. The standard InChI is InChI=1S/C16H14N4O4/c1-3-24-16(21)14-12-5-4-8-17-15(12)19(18-14)11-7-6-10(2)13(9-11)20(22)23/h4-9H,3H2,1-2H3. The van der Waals surface area contributed by atoms with Crippen molar-refractivity contribution in [3.8, 4) is 5.69 Å². The van der Waals surface area contributed by atoms with E-state index in [9.17, 15) is 14.9 Å². The molecule has 0 aliphatic rings. The molecule has 0 amide bonds. The van der Waals surface area contributed by atoms with Crippen molar-refractivity contribution in [1.29, 1.82) is 0 Å². The fourth-order valence-electron chi connectivity index (χ4n) is 2.41. The molecule has 0 N–H and O–H groups in total. The summed E-state index contributed by atoms with van der Waals surface area (Å²) in [5.74, 6) is -0.559. The van der Waals surface area contributed by atoms with Gasteiger partial charge in [0.2, 0.25) is 0 Å². The van der Waals surface area contributed by atoms with Crippen molar-refractivity contribution in [2.24, 2.45) is 0 Å². The number of aryl methyl sites for hydroxylation is 1. The smallest absolute Gasteiger partial charge is 0.359 e. The predicted molar refractivity (Wildman–Crippen MR) is 86.2 cm³/mol. The number of pyridine rings is 1. The molecule has 0 aliphatic carbocycles. The molecule has 0 unspecified atom stereocenters. The zero-order valence-electron chi connectivity index (χ0n) is 13.1. The molecule has 122 valence electrons. The lowest BCUT2D eigenvalue weighted by Gasteiger charge is -2.04. The third kappa shape index (κ3) is 2.58. The number of nitro benzene ring substituents is 1. The maximum Gasteiger partial charge on any atom is 0.359 e. The summed E-state index contributed by atoms with van der Waals surface area (Å²) in [5.41, 5.74) is 1.52. The van der Waals surface area contributed by atoms with E-state index >= 15 is 0 Å². The number of carbonyl (C=O) groups is 1. The lowest BCUT2D eigenvalue weighted by atomic mass is 10.2. The maximum absolute atomic E-state index is 12.1. The molecule has 0 radical (unpaired) electrons. The number of nitro groups is 1. The Balaban J connectivity index is 2.22. The van der Waals surface area contributed by atoms with E-state index in [1.165, 1.54) is 10.7 Å². The quantitative estimate of drug-likeness (QED) is 0.415. The largest absolute Gasteiger partial charge is 0.461 e. The van der Waals surface area contributed by atoms with Gasteiger partial charge in [-0.25, -0.2) is 14.5 Å². The Morgan fingerprint density at radius 1 is 1.38 bits per heavy atom. The number of ether oxygens (including phenoxy) is 1. The van der Waals surface area contributed by atoms with Crippen molar-refractivity contribution < 1.29 is 14.5 Å². The second-order valence-electron chi connectivity index (χ2n) is 5.08. The Labute approximate surface area is 136 Å². The van der Waals surface area contributed by atoms with E-state index in [1.54, 1.807) is 44.3 Å². The minimum Gasteiger partial charge on any atom is -0.461 e. The van der Waals surface area contributed by atoms with Gasteiger partial charge < -0.3 is 4.74 Å². The van der Waals surface area contributed by atoms with E-state index in [0.29, 0.717) is 22.3 Å². The van der Waals surface area contributed by atoms with Crippen LogP contribution in [0.25, 0.3) is 16.7 Å². The minimum atomic E-state index is -0.559. The molecule has 0 aliphatic heterocycles. The zero-order chi connectivity index (χ0) is 17.3. The van der Waals surface area contributed by atoms with Crippen LogP contribution in [0.3, 0.4) is 0 Å². The van der Waals surface area contributed by atoms with Gasteiger partial charge in [-0.05, 0) is 32.0 Å². The first kappa shape index (κ1) is 15.6. The average molecular weight is 326 g/mol. The molecule has 2 aromatic heterocycles. The Morgan fingerprint density at radius 2 is 2.17 bits per heavy atom. The number of benzene rings is 1. The van der Waals surface area contributed by atoms with Gasteiger partial charge in [0.25, 0.3) is 5.69 Å². The highest BCUT2D eigenvalue weighted by Crippen LogP contribution is 2.25. The van der Waals surface area contributed by atoms with Gasteiger partial charge in [-0.1, -0.05) is 6.07 Å². The van der Waals surface area contributed by atoms with Gasteiger partial charge in [-0.2, -0.15) is 5.10 Å². The first-order chi connectivity index (χ1) is 11.5. The van der Waals surface area contributed by atoms with E-state index < -0.39 is 10.9 Å². The highest BCUT2D eigenvalue weighted by molar-refractivity contribution is 6.01. The summed E-state index contributed by atoms with van der Waals surface area (Å²) in [6.45, 7) is 3.59. The van der Waals surface area contributed by atoms with Crippen LogP contribution in [-0.2, 0) is 4.74 Å². The van der Waals surface area contributed by atoms with Crippen LogP contribution in [0, 0.1) is 17.0 Å². The van der Waals surface area contributed by atoms with Crippen LogP contribution < -0.4 is 0 Å². The summed E-state index contributed by atoms with van der Waals surface area (Å²) < 4.78 is 6.43. The van der Waals surface area contributed by atoms with E-state index in [1.807, 2.05) is 0 Å². The molecule has 0 bridgehead atoms. The van der Waals surface area contributed by atoms with Crippen molar-refractivity contribution in [2.75, 3.05) is 6.61 Å². The van der Waals surface area contributed by atoms with Crippen molar-refractivity contribution in [3.63, 3.8) is 0 Å². The van der Waals surface area contributed by atoms with Gasteiger partial charge in [0.1, 0.15) is 0 Å². The van der Waals surface area contributed by atoms with Crippen LogP contribution in [0.5, 0.6) is 0 Å². The third-order valence-corrected chi connectivity index (χ3v) is 3.55. The molecule has 0 spiro atoms. The van der Waals surface area contributed by atoms with Crippen LogP contribution in [0.2, 0.25) is 0 Å². The van der Waals surface area contributed by atoms with Crippen molar-refractivity contribution in [2.45, 2.75) is 13.8 Å². The molecule has 8 heteroatoms. The van der Waals surface area contributed by atoms with Gasteiger partial charge in [-0.15, -0.1) is 0 Å². The molecule has 0 fully saturated rings. The molecule has 0 saturated heterocycles. The summed E-state index contributed by atoms with van der Waals surface area (Å²) in [6, 6.07) is 8.13. The summed E-state index contributed by atoms with van der Waals surface area (Å²) in [6.07, 6.45) is 1.57.